The molecule has 2 N–H and O–H groups in total. The van der Waals surface area contributed by atoms with Gasteiger partial charge in [0.05, 0.1) is 12.2 Å². The summed E-state index contributed by atoms with van der Waals surface area (Å²) < 4.78 is 26.4. The minimum atomic E-state index is -0.700. The van der Waals surface area contributed by atoms with Gasteiger partial charge in [-0.2, -0.15) is 11.8 Å². The number of ether oxygens (including phenoxy) is 2. The quantitative estimate of drug-likeness (QED) is 0.261. The van der Waals surface area contributed by atoms with E-state index in [1.165, 1.54) is 45.1 Å². The fourth-order valence-corrected chi connectivity index (χ4v) is 7.74. The molecule has 7 unspecified atom stereocenters. The molecule has 6 heteroatoms. The monoisotopic (exact) mass is 528 g/mol. The molecular formula is C30H57FN2O2S. The third-order valence-electron chi connectivity index (χ3n) is 9.77. The zero-order valence-electron chi connectivity index (χ0n) is 24.0. The van der Waals surface area contributed by atoms with Crippen LogP contribution in [0.1, 0.15) is 105 Å². The van der Waals surface area contributed by atoms with Crippen molar-refractivity contribution in [2.45, 2.75) is 140 Å². The minimum absolute atomic E-state index is 0.0520. The highest BCUT2D eigenvalue weighted by molar-refractivity contribution is 7.99. The number of nitrogens with one attached hydrogen (secondary N) is 2. The van der Waals surface area contributed by atoms with Crippen molar-refractivity contribution in [3.8, 4) is 0 Å². The Morgan fingerprint density at radius 3 is 2.33 bits per heavy atom. The summed E-state index contributed by atoms with van der Waals surface area (Å²) in [5, 5.41) is 8.85. The molecule has 0 saturated heterocycles. The highest BCUT2D eigenvalue weighted by atomic mass is 32.2. The smallest absolute Gasteiger partial charge is 0.103 e. The lowest BCUT2D eigenvalue weighted by atomic mass is 9.71. The van der Waals surface area contributed by atoms with Gasteiger partial charge in [-0.05, 0) is 115 Å². The summed E-state index contributed by atoms with van der Waals surface area (Å²) in [4.78, 5) is 0. The van der Waals surface area contributed by atoms with Gasteiger partial charge in [0.25, 0.3) is 0 Å². The average molecular weight is 529 g/mol. The topological polar surface area (TPSA) is 42.5 Å². The first kappa shape index (κ1) is 30.7. The van der Waals surface area contributed by atoms with Crippen LogP contribution in [-0.4, -0.2) is 67.8 Å². The highest BCUT2D eigenvalue weighted by Crippen LogP contribution is 2.38. The lowest BCUT2D eigenvalue weighted by Gasteiger charge is -2.46. The molecule has 3 rings (SSSR count). The van der Waals surface area contributed by atoms with Crippen molar-refractivity contribution in [3.63, 3.8) is 0 Å². The van der Waals surface area contributed by atoms with Gasteiger partial charge in [-0.1, -0.05) is 13.8 Å². The Bertz CT molecular complexity index is 605. The predicted molar refractivity (Wildman–Crippen MR) is 153 cm³/mol. The van der Waals surface area contributed by atoms with Crippen LogP contribution < -0.4 is 10.6 Å². The molecule has 36 heavy (non-hydrogen) atoms. The largest absolute Gasteiger partial charge is 0.378 e. The Labute approximate surface area is 226 Å². The third-order valence-corrected chi connectivity index (χ3v) is 10.9. The molecule has 0 radical (unpaired) electrons. The molecule has 0 heterocycles. The second-order valence-electron chi connectivity index (χ2n) is 12.1. The van der Waals surface area contributed by atoms with Crippen molar-refractivity contribution in [1.29, 1.82) is 0 Å². The van der Waals surface area contributed by atoms with Crippen LogP contribution in [0.4, 0.5) is 4.39 Å². The zero-order chi connectivity index (χ0) is 26.0. The van der Waals surface area contributed by atoms with Crippen LogP contribution >= 0.6 is 11.8 Å². The summed E-state index contributed by atoms with van der Waals surface area (Å²) >= 11 is 2.06. The van der Waals surface area contributed by atoms with Crippen LogP contribution in [0.2, 0.25) is 0 Å². The molecule has 3 saturated carbocycles. The minimum Gasteiger partial charge on any atom is -0.378 e. The van der Waals surface area contributed by atoms with E-state index in [9.17, 15) is 4.39 Å². The summed E-state index contributed by atoms with van der Waals surface area (Å²) in [7, 11) is 0. The van der Waals surface area contributed by atoms with E-state index in [-0.39, 0.29) is 17.7 Å². The first-order valence-corrected chi connectivity index (χ1v) is 16.6. The maximum Gasteiger partial charge on any atom is 0.103 e. The maximum absolute atomic E-state index is 14.0. The molecule has 4 nitrogen and oxygen atoms in total. The van der Waals surface area contributed by atoms with Gasteiger partial charge in [-0.25, -0.2) is 4.39 Å². The normalized spacial score (nSPS) is 37.5. The number of hydrogen-bond donors (Lipinski definition) is 2. The van der Waals surface area contributed by atoms with E-state index >= 15 is 0 Å². The molecule has 0 aromatic carbocycles. The van der Waals surface area contributed by atoms with Gasteiger partial charge in [0.2, 0.25) is 0 Å². The molecule has 0 spiro atoms. The third kappa shape index (κ3) is 8.83. The van der Waals surface area contributed by atoms with Crippen LogP contribution in [0.25, 0.3) is 0 Å². The number of rotatable bonds is 14. The highest BCUT2D eigenvalue weighted by Gasteiger charge is 2.41. The molecular weight excluding hydrogens is 471 g/mol. The Morgan fingerprint density at radius 1 is 0.889 bits per heavy atom. The van der Waals surface area contributed by atoms with Crippen LogP contribution in [0.15, 0.2) is 0 Å². The Morgan fingerprint density at radius 2 is 1.67 bits per heavy atom. The molecule has 0 aromatic rings. The molecule has 0 aliphatic heterocycles. The molecule has 3 aliphatic rings. The molecule has 0 bridgehead atoms. The van der Waals surface area contributed by atoms with E-state index in [2.05, 4.69) is 49.4 Å². The fraction of sp³-hybridized carbons (Fsp3) is 1.00. The van der Waals surface area contributed by atoms with Crippen LogP contribution in [0, 0.1) is 17.8 Å². The SMILES string of the molecule is CCCOC1CC(C(C)(CC)NCC2CCC(SC)CC2)CCC1NCC1CCC(F)CC1OCC. The molecule has 212 valence electrons. The maximum atomic E-state index is 14.0. The van der Waals surface area contributed by atoms with Gasteiger partial charge < -0.3 is 20.1 Å². The molecule has 0 aromatic heterocycles. The summed E-state index contributed by atoms with van der Waals surface area (Å²) in [5.41, 5.74) is 0.175. The summed E-state index contributed by atoms with van der Waals surface area (Å²) in [5.74, 6) is 1.88. The van der Waals surface area contributed by atoms with E-state index in [1.807, 2.05) is 6.92 Å². The van der Waals surface area contributed by atoms with E-state index in [0.717, 1.165) is 50.0 Å². The zero-order valence-corrected chi connectivity index (χ0v) is 24.9. The fourth-order valence-electron chi connectivity index (χ4n) is 7.00. The Balaban J connectivity index is 1.54. The van der Waals surface area contributed by atoms with Gasteiger partial charge in [0.1, 0.15) is 6.17 Å². The van der Waals surface area contributed by atoms with Crippen molar-refractivity contribution >= 4 is 11.8 Å². The summed E-state index contributed by atoms with van der Waals surface area (Å²) in [6, 6.07) is 0.390. The molecule has 7 atom stereocenters. The van der Waals surface area contributed by atoms with Crippen LogP contribution in [0.5, 0.6) is 0 Å². The van der Waals surface area contributed by atoms with Crippen molar-refractivity contribution in [1.82, 2.24) is 10.6 Å². The van der Waals surface area contributed by atoms with E-state index < -0.39 is 6.17 Å². The predicted octanol–water partition coefficient (Wildman–Crippen LogP) is 6.76. The summed E-state index contributed by atoms with van der Waals surface area (Å²) in [6.07, 6.45) is 15.3. The van der Waals surface area contributed by atoms with E-state index in [4.69, 9.17) is 9.47 Å². The number of hydrogen-bond acceptors (Lipinski definition) is 5. The van der Waals surface area contributed by atoms with Crippen LogP contribution in [-0.2, 0) is 9.47 Å². The van der Waals surface area contributed by atoms with Crippen molar-refractivity contribution < 1.29 is 13.9 Å². The summed E-state index contributed by atoms with van der Waals surface area (Å²) in [6.45, 7) is 12.6. The second kappa shape index (κ2) is 15.6. The molecule has 3 aliphatic carbocycles. The lowest BCUT2D eigenvalue weighted by molar-refractivity contribution is -0.0413. The van der Waals surface area contributed by atoms with Crippen molar-refractivity contribution in [2.24, 2.45) is 17.8 Å². The first-order chi connectivity index (χ1) is 17.4. The average Bonchev–Trinajstić information content (AvgIpc) is 2.90. The van der Waals surface area contributed by atoms with Gasteiger partial charge in [-0.15, -0.1) is 0 Å². The number of alkyl halides is 1. The van der Waals surface area contributed by atoms with Gasteiger partial charge >= 0.3 is 0 Å². The Hall–Kier alpha value is 0.120. The standard InChI is InChI=1S/C30H57FN2O2S/c1-6-17-35-29-18-24(30(4,7-2)33-20-22-9-14-26(36-5)15-10-22)12-16-27(29)32-21-23-11-13-25(31)19-28(23)34-8-3/h22-29,32-33H,6-21H2,1-5H3. The van der Waals surface area contributed by atoms with Gasteiger partial charge in [-0.3, -0.25) is 0 Å². The Kier molecular flexibility index (Phi) is 13.3. The number of thioether (sulfide) groups is 1. The second-order valence-corrected chi connectivity index (χ2v) is 13.3. The van der Waals surface area contributed by atoms with E-state index in [1.54, 1.807) is 0 Å². The molecule has 3 fully saturated rings. The lowest BCUT2D eigenvalue weighted by Crippen LogP contribution is -2.56. The van der Waals surface area contributed by atoms with Crippen molar-refractivity contribution in [3.05, 3.63) is 0 Å². The van der Waals surface area contributed by atoms with Crippen molar-refractivity contribution in [2.75, 3.05) is 32.6 Å². The number of halogens is 1. The molecule has 0 amide bonds. The van der Waals surface area contributed by atoms with Gasteiger partial charge in [0.15, 0.2) is 0 Å². The van der Waals surface area contributed by atoms with Crippen LogP contribution in [0.3, 0.4) is 0 Å². The first-order valence-electron chi connectivity index (χ1n) is 15.3. The van der Waals surface area contributed by atoms with E-state index in [0.29, 0.717) is 37.3 Å². The van der Waals surface area contributed by atoms with Gasteiger partial charge in [0, 0.05) is 43.0 Å².